The van der Waals surface area contributed by atoms with Crippen molar-refractivity contribution < 1.29 is 5.11 Å². The molecule has 0 heterocycles. The first-order valence-corrected chi connectivity index (χ1v) is 5.05. The summed E-state index contributed by atoms with van der Waals surface area (Å²) in [6.07, 6.45) is 3.18. The monoisotopic (exact) mass is 171 g/mol. The van der Waals surface area contributed by atoms with Crippen molar-refractivity contribution in [2.45, 2.75) is 58.2 Å². The van der Waals surface area contributed by atoms with Gasteiger partial charge in [0.25, 0.3) is 0 Å². The maximum atomic E-state index is 9.56. The van der Waals surface area contributed by atoms with Crippen molar-refractivity contribution in [2.75, 3.05) is 0 Å². The van der Waals surface area contributed by atoms with Crippen molar-refractivity contribution in [1.29, 1.82) is 0 Å². The van der Waals surface area contributed by atoms with Crippen LogP contribution in [0.3, 0.4) is 0 Å². The van der Waals surface area contributed by atoms with Crippen LogP contribution in [-0.2, 0) is 0 Å². The fourth-order valence-electron chi connectivity index (χ4n) is 1.67. The Hall–Kier alpha value is -0.0800. The Labute approximate surface area is 75.4 Å². The summed E-state index contributed by atoms with van der Waals surface area (Å²) < 4.78 is 0. The molecule has 1 fully saturated rings. The lowest BCUT2D eigenvalue weighted by Crippen LogP contribution is -2.43. The van der Waals surface area contributed by atoms with Crippen LogP contribution >= 0.6 is 0 Å². The Kier molecular flexibility index (Phi) is 3.53. The molecule has 1 aliphatic carbocycles. The molecule has 1 aliphatic rings. The molecule has 0 spiro atoms. The van der Waals surface area contributed by atoms with Gasteiger partial charge < -0.3 is 10.4 Å². The second-order valence-electron chi connectivity index (χ2n) is 4.30. The van der Waals surface area contributed by atoms with Gasteiger partial charge in [-0.25, -0.2) is 0 Å². The zero-order chi connectivity index (χ0) is 9.14. The van der Waals surface area contributed by atoms with Gasteiger partial charge in [-0.2, -0.15) is 0 Å². The van der Waals surface area contributed by atoms with Gasteiger partial charge in [-0.05, 0) is 32.1 Å². The molecule has 0 radical (unpaired) electrons. The van der Waals surface area contributed by atoms with E-state index in [1.165, 1.54) is 6.42 Å². The third-order valence-corrected chi connectivity index (χ3v) is 2.96. The maximum Gasteiger partial charge on any atom is 0.0693 e. The number of nitrogens with one attached hydrogen (secondary N) is 1. The number of aliphatic hydroxyl groups is 1. The largest absolute Gasteiger partial charge is 0.392 e. The van der Waals surface area contributed by atoms with Crippen molar-refractivity contribution in [1.82, 2.24) is 5.32 Å². The summed E-state index contributed by atoms with van der Waals surface area (Å²) >= 11 is 0. The average molecular weight is 171 g/mol. The molecule has 0 aliphatic heterocycles. The molecular formula is C10H21NO. The molecule has 0 aromatic carbocycles. The van der Waals surface area contributed by atoms with Crippen LogP contribution in [-0.4, -0.2) is 23.3 Å². The molecule has 2 heteroatoms. The van der Waals surface area contributed by atoms with Crippen LogP contribution in [0.5, 0.6) is 0 Å². The third kappa shape index (κ3) is 2.46. The van der Waals surface area contributed by atoms with Gasteiger partial charge in [-0.15, -0.1) is 0 Å². The van der Waals surface area contributed by atoms with E-state index in [4.69, 9.17) is 0 Å². The van der Waals surface area contributed by atoms with Crippen molar-refractivity contribution in [3.63, 3.8) is 0 Å². The Morgan fingerprint density at radius 2 is 1.92 bits per heavy atom. The summed E-state index contributed by atoms with van der Waals surface area (Å²) in [6.45, 7) is 6.60. The predicted molar refractivity (Wildman–Crippen MR) is 51.1 cm³/mol. The van der Waals surface area contributed by atoms with E-state index in [1.807, 2.05) is 0 Å². The second kappa shape index (κ2) is 4.24. The molecule has 2 N–H and O–H groups in total. The van der Waals surface area contributed by atoms with Crippen molar-refractivity contribution >= 4 is 0 Å². The highest BCUT2D eigenvalue weighted by Gasteiger charge is 2.26. The summed E-state index contributed by atoms with van der Waals surface area (Å²) in [4.78, 5) is 0. The number of aliphatic hydroxyl groups excluding tert-OH is 1. The summed E-state index contributed by atoms with van der Waals surface area (Å²) in [6, 6.07) is 0.866. The fourth-order valence-corrected chi connectivity index (χ4v) is 1.67. The van der Waals surface area contributed by atoms with Crippen LogP contribution in [0.25, 0.3) is 0 Å². The Bertz CT molecular complexity index is 136. The Morgan fingerprint density at radius 3 is 2.33 bits per heavy atom. The van der Waals surface area contributed by atoms with Gasteiger partial charge in [0.1, 0.15) is 0 Å². The zero-order valence-electron chi connectivity index (χ0n) is 8.38. The first-order valence-electron chi connectivity index (χ1n) is 5.05. The number of hydrogen-bond acceptors (Lipinski definition) is 2. The highest BCUT2D eigenvalue weighted by Crippen LogP contribution is 2.20. The van der Waals surface area contributed by atoms with Gasteiger partial charge in [0.15, 0.2) is 0 Å². The minimum atomic E-state index is -0.105. The van der Waals surface area contributed by atoms with Crippen LogP contribution in [0.2, 0.25) is 0 Å². The Morgan fingerprint density at radius 1 is 1.25 bits per heavy atom. The van der Waals surface area contributed by atoms with Crippen LogP contribution < -0.4 is 5.32 Å². The fraction of sp³-hybridized carbons (Fsp3) is 1.00. The SMILES string of the molecule is CC(C)[C@H](C)N[C@@H]1CCC[C@H]1O. The van der Waals surface area contributed by atoms with Gasteiger partial charge in [-0.3, -0.25) is 0 Å². The quantitative estimate of drug-likeness (QED) is 0.675. The van der Waals surface area contributed by atoms with Gasteiger partial charge in [0, 0.05) is 12.1 Å². The van der Waals surface area contributed by atoms with E-state index < -0.39 is 0 Å². The molecule has 0 aromatic rings. The molecule has 0 bridgehead atoms. The van der Waals surface area contributed by atoms with Crippen LogP contribution in [0, 0.1) is 5.92 Å². The molecular weight excluding hydrogens is 150 g/mol. The van der Waals surface area contributed by atoms with Gasteiger partial charge in [-0.1, -0.05) is 13.8 Å². The van der Waals surface area contributed by atoms with Crippen LogP contribution in [0.15, 0.2) is 0 Å². The molecule has 0 aromatic heterocycles. The molecule has 12 heavy (non-hydrogen) atoms. The van der Waals surface area contributed by atoms with E-state index in [0.717, 1.165) is 12.8 Å². The predicted octanol–water partition coefficient (Wildman–Crippen LogP) is 1.53. The van der Waals surface area contributed by atoms with E-state index >= 15 is 0 Å². The maximum absolute atomic E-state index is 9.56. The number of rotatable bonds is 3. The van der Waals surface area contributed by atoms with E-state index in [-0.39, 0.29) is 6.10 Å². The molecule has 3 atom stereocenters. The minimum absolute atomic E-state index is 0.105. The van der Waals surface area contributed by atoms with Crippen LogP contribution in [0.4, 0.5) is 0 Å². The molecule has 0 unspecified atom stereocenters. The summed E-state index contributed by atoms with van der Waals surface area (Å²) in [5.41, 5.74) is 0. The lowest BCUT2D eigenvalue weighted by atomic mass is 10.0. The topological polar surface area (TPSA) is 32.3 Å². The van der Waals surface area contributed by atoms with Gasteiger partial charge in [0.05, 0.1) is 6.10 Å². The summed E-state index contributed by atoms with van der Waals surface area (Å²) in [5, 5.41) is 13.0. The first-order chi connectivity index (χ1) is 5.61. The minimum Gasteiger partial charge on any atom is -0.392 e. The molecule has 0 saturated heterocycles. The lowest BCUT2D eigenvalue weighted by Gasteiger charge is -2.24. The van der Waals surface area contributed by atoms with Crippen molar-refractivity contribution in [2.24, 2.45) is 5.92 Å². The van der Waals surface area contributed by atoms with Gasteiger partial charge >= 0.3 is 0 Å². The van der Waals surface area contributed by atoms with E-state index in [2.05, 4.69) is 26.1 Å². The molecule has 1 rings (SSSR count). The molecule has 1 saturated carbocycles. The smallest absolute Gasteiger partial charge is 0.0693 e. The standard InChI is InChI=1S/C10H21NO/c1-7(2)8(3)11-9-5-4-6-10(9)12/h7-12H,4-6H2,1-3H3/t8-,9+,10+/m0/s1. The second-order valence-corrected chi connectivity index (χ2v) is 4.30. The van der Waals surface area contributed by atoms with E-state index in [9.17, 15) is 5.11 Å². The van der Waals surface area contributed by atoms with E-state index in [1.54, 1.807) is 0 Å². The Balaban J connectivity index is 2.30. The highest BCUT2D eigenvalue weighted by molar-refractivity contribution is 4.84. The average Bonchev–Trinajstić information content (AvgIpc) is 2.36. The normalized spacial score (nSPS) is 32.8. The van der Waals surface area contributed by atoms with E-state index in [0.29, 0.717) is 18.0 Å². The molecule has 0 amide bonds. The van der Waals surface area contributed by atoms with Crippen LogP contribution in [0.1, 0.15) is 40.0 Å². The first kappa shape index (κ1) is 10.0. The molecule has 72 valence electrons. The third-order valence-electron chi connectivity index (χ3n) is 2.96. The lowest BCUT2D eigenvalue weighted by molar-refractivity contribution is 0.140. The summed E-state index contributed by atoms with van der Waals surface area (Å²) in [7, 11) is 0. The molecule has 2 nitrogen and oxygen atoms in total. The summed E-state index contributed by atoms with van der Waals surface area (Å²) in [5.74, 6) is 0.651. The van der Waals surface area contributed by atoms with Crippen molar-refractivity contribution in [3.05, 3.63) is 0 Å². The number of hydrogen-bond donors (Lipinski definition) is 2. The highest BCUT2D eigenvalue weighted by atomic mass is 16.3. The van der Waals surface area contributed by atoms with Crippen molar-refractivity contribution in [3.8, 4) is 0 Å². The zero-order valence-corrected chi connectivity index (χ0v) is 8.38. The van der Waals surface area contributed by atoms with Gasteiger partial charge in [0.2, 0.25) is 0 Å².